The Morgan fingerprint density at radius 2 is 1.97 bits per heavy atom. The monoisotopic (exact) mass is 454 g/mol. The molecule has 1 amide bonds. The van der Waals surface area contributed by atoms with Gasteiger partial charge in [-0.3, -0.25) is 14.3 Å². The van der Waals surface area contributed by atoms with Gasteiger partial charge in [0.2, 0.25) is 0 Å². The van der Waals surface area contributed by atoms with Gasteiger partial charge in [0.15, 0.2) is 0 Å². The topological polar surface area (TPSA) is 69.0 Å². The van der Waals surface area contributed by atoms with Crippen LogP contribution in [-0.2, 0) is 13.0 Å². The summed E-state index contributed by atoms with van der Waals surface area (Å²) in [6.07, 6.45) is 6.12. The van der Waals surface area contributed by atoms with Crippen molar-refractivity contribution in [2.75, 3.05) is 6.61 Å². The number of aromatic nitrogens is 3. The Hall–Kier alpha value is -3.97. The first-order valence-electron chi connectivity index (χ1n) is 10.6. The molecule has 7 heteroatoms. The zero-order valence-electron chi connectivity index (χ0n) is 17.8. The molecule has 0 aliphatic carbocycles. The molecule has 0 aliphatic heterocycles. The summed E-state index contributed by atoms with van der Waals surface area (Å²) in [4.78, 5) is 21.1. The molecule has 33 heavy (non-hydrogen) atoms. The third-order valence-corrected chi connectivity index (χ3v) is 6.07. The summed E-state index contributed by atoms with van der Waals surface area (Å²) in [5.74, 6) is 0.699. The van der Waals surface area contributed by atoms with E-state index in [1.165, 1.54) is 5.56 Å². The van der Waals surface area contributed by atoms with Crippen LogP contribution >= 0.6 is 11.3 Å². The summed E-state index contributed by atoms with van der Waals surface area (Å²) < 4.78 is 7.87. The van der Waals surface area contributed by atoms with E-state index in [-0.39, 0.29) is 5.91 Å². The Morgan fingerprint density at radius 3 is 2.76 bits per heavy atom. The average Bonchev–Trinajstić information content (AvgIpc) is 3.53. The molecule has 0 unspecified atom stereocenters. The highest BCUT2D eigenvalue weighted by atomic mass is 32.1. The van der Waals surface area contributed by atoms with E-state index in [0.29, 0.717) is 18.7 Å². The van der Waals surface area contributed by atoms with Gasteiger partial charge in [-0.15, -0.1) is 0 Å². The Labute approximate surface area is 195 Å². The van der Waals surface area contributed by atoms with Gasteiger partial charge in [-0.05, 0) is 76.5 Å². The maximum atomic E-state index is 12.6. The van der Waals surface area contributed by atoms with Crippen molar-refractivity contribution in [1.29, 1.82) is 0 Å². The summed E-state index contributed by atoms with van der Waals surface area (Å²) >= 11 is 1.70. The standard InChI is InChI=1S/C26H22N4O2S/c31-26(28-16-20-2-1-11-27-15-20)21-3-8-25-24(14-21)29-18-30(25)22-4-6-23(7-5-22)32-12-9-19-10-13-33-17-19/h1-8,10-11,13-15,17-18H,9,12,16H2,(H,28,31). The molecule has 0 saturated carbocycles. The fourth-order valence-corrected chi connectivity index (χ4v) is 4.27. The SMILES string of the molecule is O=C(NCc1cccnc1)c1ccc2c(c1)ncn2-c1ccc(OCCc2ccsc2)cc1. The van der Waals surface area contributed by atoms with E-state index >= 15 is 0 Å². The third-order valence-electron chi connectivity index (χ3n) is 5.34. The summed E-state index contributed by atoms with van der Waals surface area (Å²) in [6.45, 7) is 1.08. The van der Waals surface area contributed by atoms with Crippen molar-refractivity contribution in [2.24, 2.45) is 0 Å². The van der Waals surface area contributed by atoms with Crippen molar-refractivity contribution < 1.29 is 9.53 Å². The van der Waals surface area contributed by atoms with Gasteiger partial charge >= 0.3 is 0 Å². The number of ether oxygens (including phenoxy) is 1. The Morgan fingerprint density at radius 1 is 1.06 bits per heavy atom. The van der Waals surface area contributed by atoms with E-state index in [2.05, 4.69) is 32.1 Å². The van der Waals surface area contributed by atoms with Gasteiger partial charge in [0.25, 0.3) is 5.91 Å². The van der Waals surface area contributed by atoms with Gasteiger partial charge in [0.05, 0.1) is 17.6 Å². The number of pyridine rings is 1. The van der Waals surface area contributed by atoms with Gasteiger partial charge in [0, 0.05) is 36.6 Å². The van der Waals surface area contributed by atoms with Crippen LogP contribution in [-0.4, -0.2) is 27.0 Å². The highest BCUT2D eigenvalue weighted by Crippen LogP contribution is 2.22. The minimum atomic E-state index is -0.140. The molecule has 3 aromatic heterocycles. The van der Waals surface area contributed by atoms with Crippen LogP contribution in [0.4, 0.5) is 0 Å². The number of rotatable bonds is 8. The molecule has 3 heterocycles. The highest BCUT2D eigenvalue weighted by Gasteiger charge is 2.10. The Bertz CT molecular complexity index is 1350. The lowest BCUT2D eigenvalue weighted by molar-refractivity contribution is 0.0951. The van der Waals surface area contributed by atoms with Crippen LogP contribution in [0, 0.1) is 0 Å². The van der Waals surface area contributed by atoms with Gasteiger partial charge in [0.1, 0.15) is 12.1 Å². The van der Waals surface area contributed by atoms with E-state index in [9.17, 15) is 4.79 Å². The number of amides is 1. The number of nitrogens with one attached hydrogen (secondary N) is 1. The summed E-state index contributed by atoms with van der Waals surface area (Å²) in [6, 6.07) is 19.4. The largest absolute Gasteiger partial charge is 0.493 e. The van der Waals surface area contributed by atoms with Crippen molar-refractivity contribution >= 4 is 28.3 Å². The molecule has 0 aliphatic rings. The van der Waals surface area contributed by atoms with Gasteiger partial charge < -0.3 is 10.1 Å². The number of nitrogens with zero attached hydrogens (tertiary/aromatic N) is 3. The predicted molar refractivity (Wildman–Crippen MR) is 130 cm³/mol. The van der Waals surface area contributed by atoms with Crippen molar-refractivity contribution in [2.45, 2.75) is 13.0 Å². The first-order valence-corrected chi connectivity index (χ1v) is 11.6. The Balaban J connectivity index is 1.25. The van der Waals surface area contributed by atoms with Gasteiger partial charge in [-0.1, -0.05) is 6.07 Å². The van der Waals surface area contributed by atoms with Crippen molar-refractivity contribution in [1.82, 2.24) is 19.9 Å². The summed E-state index contributed by atoms with van der Waals surface area (Å²) in [7, 11) is 0. The fraction of sp³-hybridized carbons (Fsp3) is 0.115. The molecular formula is C26H22N4O2S. The third kappa shape index (κ3) is 4.94. The molecule has 0 saturated heterocycles. The lowest BCUT2D eigenvalue weighted by Gasteiger charge is -2.09. The summed E-state index contributed by atoms with van der Waals surface area (Å²) in [5.41, 5.74) is 5.51. The minimum absolute atomic E-state index is 0.140. The zero-order chi connectivity index (χ0) is 22.5. The molecule has 1 N–H and O–H groups in total. The fourth-order valence-electron chi connectivity index (χ4n) is 3.57. The summed E-state index contributed by atoms with van der Waals surface area (Å²) in [5, 5.41) is 7.15. The highest BCUT2D eigenvalue weighted by molar-refractivity contribution is 7.07. The number of benzene rings is 2. The molecule has 164 valence electrons. The maximum Gasteiger partial charge on any atom is 0.251 e. The van der Waals surface area contributed by atoms with Gasteiger partial charge in [-0.2, -0.15) is 11.3 Å². The van der Waals surface area contributed by atoms with Crippen LogP contribution in [0.2, 0.25) is 0 Å². The number of hydrogen-bond acceptors (Lipinski definition) is 5. The zero-order valence-corrected chi connectivity index (χ0v) is 18.7. The molecule has 0 spiro atoms. The molecule has 0 atom stereocenters. The quantitative estimate of drug-likeness (QED) is 0.357. The van der Waals surface area contributed by atoms with E-state index < -0.39 is 0 Å². The maximum absolute atomic E-state index is 12.6. The van der Waals surface area contributed by atoms with Crippen LogP contribution in [0.15, 0.2) is 90.1 Å². The first kappa shape index (κ1) is 20.9. The van der Waals surface area contributed by atoms with E-state index in [1.54, 1.807) is 30.1 Å². The Kier molecular flexibility index (Phi) is 6.12. The molecule has 2 aromatic carbocycles. The van der Waals surface area contributed by atoms with Gasteiger partial charge in [-0.25, -0.2) is 4.98 Å². The molecule has 0 radical (unpaired) electrons. The van der Waals surface area contributed by atoms with Crippen LogP contribution in [0.25, 0.3) is 16.7 Å². The van der Waals surface area contributed by atoms with Crippen LogP contribution in [0.1, 0.15) is 21.5 Å². The second-order valence-electron chi connectivity index (χ2n) is 7.59. The molecular weight excluding hydrogens is 432 g/mol. The molecule has 6 nitrogen and oxygen atoms in total. The van der Waals surface area contributed by atoms with Crippen molar-refractivity contribution in [3.63, 3.8) is 0 Å². The second kappa shape index (κ2) is 9.67. The van der Waals surface area contributed by atoms with Crippen LogP contribution in [0.3, 0.4) is 0 Å². The first-order chi connectivity index (χ1) is 16.3. The second-order valence-corrected chi connectivity index (χ2v) is 8.37. The van der Waals surface area contributed by atoms with E-state index in [0.717, 1.165) is 34.5 Å². The van der Waals surface area contributed by atoms with E-state index in [4.69, 9.17) is 4.74 Å². The number of carbonyl (C=O) groups is 1. The van der Waals surface area contributed by atoms with E-state index in [1.807, 2.05) is 59.2 Å². The number of fused-ring (bicyclic) bond motifs is 1. The van der Waals surface area contributed by atoms with Crippen LogP contribution in [0.5, 0.6) is 5.75 Å². The number of hydrogen-bond donors (Lipinski definition) is 1. The number of imidazole rings is 1. The lowest BCUT2D eigenvalue weighted by Crippen LogP contribution is -2.22. The normalized spacial score (nSPS) is 10.9. The smallest absolute Gasteiger partial charge is 0.251 e. The predicted octanol–water partition coefficient (Wildman–Crippen LogP) is 5.03. The number of carbonyl (C=O) groups excluding carboxylic acids is 1. The van der Waals surface area contributed by atoms with Crippen molar-refractivity contribution in [3.05, 3.63) is 107 Å². The lowest BCUT2D eigenvalue weighted by atomic mass is 10.1. The van der Waals surface area contributed by atoms with Crippen LogP contribution < -0.4 is 10.1 Å². The molecule has 5 rings (SSSR count). The molecule has 0 bridgehead atoms. The van der Waals surface area contributed by atoms with Crippen molar-refractivity contribution in [3.8, 4) is 11.4 Å². The molecule has 5 aromatic rings. The average molecular weight is 455 g/mol. The minimum Gasteiger partial charge on any atom is -0.493 e. The molecule has 0 fully saturated rings. The number of thiophene rings is 1.